The minimum atomic E-state index is -0.842. The predicted molar refractivity (Wildman–Crippen MR) is 63.4 cm³/mol. The lowest BCUT2D eigenvalue weighted by molar-refractivity contribution is -0.143. The number of methoxy groups -OCH3 is 1. The van der Waals surface area contributed by atoms with E-state index in [1.165, 1.54) is 0 Å². The number of carboxylic acids is 1. The molecule has 7 nitrogen and oxygen atoms in total. The Balaban J connectivity index is 1.99. The van der Waals surface area contributed by atoms with Gasteiger partial charge in [-0.3, -0.25) is 4.79 Å². The second-order valence-corrected chi connectivity index (χ2v) is 4.30. The second kappa shape index (κ2) is 7.17. The Morgan fingerprint density at radius 3 is 2.50 bits per heavy atom. The Labute approximate surface area is 106 Å². The molecule has 3 N–H and O–H groups in total. The summed E-state index contributed by atoms with van der Waals surface area (Å²) in [6.45, 7) is 1.98. The number of aliphatic carboxylic acids is 1. The maximum absolute atomic E-state index is 11.3. The fourth-order valence-corrected chi connectivity index (χ4v) is 1.41. The Morgan fingerprint density at radius 2 is 1.94 bits per heavy atom. The molecule has 0 spiro atoms. The monoisotopic (exact) mass is 260 g/mol. The summed E-state index contributed by atoms with van der Waals surface area (Å²) in [6.07, 6.45) is 1.26. The minimum Gasteiger partial charge on any atom is -0.481 e. The van der Waals surface area contributed by atoms with E-state index in [0.717, 1.165) is 0 Å². The van der Waals surface area contributed by atoms with Gasteiger partial charge in [0.05, 0.1) is 25.2 Å². The van der Waals surface area contributed by atoms with Crippen LogP contribution in [-0.2, 0) is 14.3 Å². The van der Waals surface area contributed by atoms with Gasteiger partial charge >= 0.3 is 12.0 Å². The first-order chi connectivity index (χ1) is 8.60. The van der Waals surface area contributed by atoms with Crippen molar-refractivity contribution in [2.75, 3.05) is 40.0 Å². The molecule has 1 rings (SSSR count). The van der Waals surface area contributed by atoms with Gasteiger partial charge in [0.15, 0.2) is 0 Å². The largest absolute Gasteiger partial charge is 0.481 e. The Kier molecular flexibility index (Phi) is 5.87. The third kappa shape index (κ3) is 4.89. The van der Waals surface area contributed by atoms with Crippen molar-refractivity contribution in [3.8, 4) is 0 Å². The summed E-state index contributed by atoms with van der Waals surface area (Å²) in [5.41, 5.74) is -0.730. The highest BCUT2D eigenvalue weighted by molar-refractivity contribution is 5.80. The Morgan fingerprint density at radius 1 is 1.22 bits per heavy atom. The van der Waals surface area contributed by atoms with Crippen molar-refractivity contribution in [3.05, 3.63) is 0 Å². The number of carboxylic acid groups (broad SMARTS) is 1. The molecule has 1 aliphatic carbocycles. The van der Waals surface area contributed by atoms with Crippen LogP contribution in [0.2, 0.25) is 0 Å². The van der Waals surface area contributed by atoms with Crippen LogP contribution in [0.4, 0.5) is 4.79 Å². The van der Waals surface area contributed by atoms with Gasteiger partial charge in [0, 0.05) is 20.2 Å². The van der Waals surface area contributed by atoms with E-state index in [1.54, 1.807) is 7.11 Å². The van der Waals surface area contributed by atoms with Crippen LogP contribution in [-0.4, -0.2) is 57.1 Å². The predicted octanol–water partition coefficient (Wildman–Crippen LogP) is -0.187. The number of carbonyl (C=O) groups excluding carboxylic acids is 1. The van der Waals surface area contributed by atoms with E-state index in [1.807, 2.05) is 0 Å². The van der Waals surface area contributed by atoms with Crippen molar-refractivity contribution in [3.63, 3.8) is 0 Å². The lowest BCUT2D eigenvalue weighted by atomic mass is 10.1. The average molecular weight is 260 g/mol. The number of nitrogens with one attached hydrogen (secondary N) is 2. The summed E-state index contributed by atoms with van der Waals surface area (Å²) < 4.78 is 9.95. The van der Waals surface area contributed by atoms with Gasteiger partial charge < -0.3 is 25.2 Å². The van der Waals surface area contributed by atoms with Crippen LogP contribution in [0.5, 0.6) is 0 Å². The minimum absolute atomic E-state index is 0.179. The molecule has 1 saturated carbocycles. The van der Waals surface area contributed by atoms with Crippen molar-refractivity contribution in [1.82, 2.24) is 10.6 Å². The quantitative estimate of drug-likeness (QED) is 0.499. The maximum Gasteiger partial charge on any atom is 0.314 e. The maximum atomic E-state index is 11.3. The lowest BCUT2D eigenvalue weighted by Crippen LogP contribution is -2.41. The molecule has 1 aliphatic rings. The van der Waals surface area contributed by atoms with Crippen LogP contribution in [0, 0.1) is 5.41 Å². The highest BCUT2D eigenvalue weighted by Gasteiger charge is 2.50. The first kappa shape index (κ1) is 14.7. The highest BCUT2D eigenvalue weighted by atomic mass is 16.5. The molecule has 0 atom stereocenters. The highest BCUT2D eigenvalue weighted by Crippen LogP contribution is 2.45. The molecule has 0 saturated heterocycles. The smallest absolute Gasteiger partial charge is 0.314 e. The molecule has 104 valence electrons. The summed E-state index contributed by atoms with van der Waals surface area (Å²) in [5.74, 6) is -0.842. The van der Waals surface area contributed by atoms with Gasteiger partial charge in [0.2, 0.25) is 0 Å². The van der Waals surface area contributed by atoms with Crippen molar-refractivity contribution in [1.29, 1.82) is 0 Å². The summed E-state index contributed by atoms with van der Waals surface area (Å²) in [7, 11) is 1.59. The summed E-state index contributed by atoms with van der Waals surface area (Å²) in [6, 6.07) is -0.363. The topological polar surface area (TPSA) is 96.9 Å². The first-order valence-corrected chi connectivity index (χ1v) is 5.92. The standard InChI is InChI=1S/C11H20N2O5/c1-17-6-7-18-5-4-12-10(16)13-8-11(2-3-11)9(14)15/h2-8H2,1H3,(H,14,15)(H2,12,13,16). The zero-order chi connectivity index (χ0) is 13.4. The molecule has 0 aromatic carbocycles. The molecule has 0 unspecified atom stereocenters. The van der Waals surface area contributed by atoms with E-state index < -0.39 is 11.4 Å². The summed E-state index contributed by atoms with van der Waals surface area (Å²) in [4.78, 5) is 22.2. The zero-order valence-electron chi connectivity index (χ0n) is 10.5. The summed E-state index contributed by atoms with van der Waals surface area (Å²) in [5, 5.41) is 14.1. The lowest BCUT2D eigenvalue weighted by Gasteiger charge is -2.12. The van der Waals surface area contributed by atoms with Gasteiger partial charge in [0.1, 0.15) is 0 Å². The number of ether oxygens (including phenoxy) is 2. The molecule has 0 aromatic rings. The van der Waals surface area contributed by atoms with E-state index in [4.69, 9.17) is 14.6 Å². The SMILES string of the molecule is COCCOCCNC(=O)NCC1(C(=O)O)CC1. The average Bonchev–Trinajstić information content (AvgIpc) is 3.12. The Bertz CT molecular complexity index is 291. The number of amides is 2. The fraction of sp³-hybridized carbons (Fsp3) is 0.818. The van der Waals surface area contributed by atoms with E-state index in [-0.39, 0.29) is 12.6 Å². The third-order valence-corrected chi connectivity index (χ3v) is 2.86. The first-order valence-electron chi connectivity index (χ1n) is 5.92. The van der Waals surface area contributed by atoms with E-state index in [0.29, 0.717) is 39.2 Å². The Hall–Kier alpha value is -1.34. The van der Waals surface area contributed by atoms with Gasteiger partial charge in [-0.25, -0.2) is 4.79 Å². The molecule has 0 radical (unpaired) electrons. The van der Waals surface area contributed by atoms with Crippen LogP contribution >= 0.6 is 0 Å². The molecule has 1 fully saturated rings. The molecule has 0 bridgehead atoms. The molecule has 7 heteroatoms. The molecular formula is C11H20N2O5. The van der Waals surface area contributed by atoms with E-state index in [2.05, 4.69) is 10.6 Å². The molecule has 2 amide bonds. The zero-order valence-corrected chi connectivity index (χ0v) is 10.5. The van der Waals surface area contributed by atoms with Crippen LogP contribution in [0.25, 0.3) is 0 Å². The van der Waals surface area contributed by atoms with E-state index >= 15 is 0 Å². The van der Waals surface area contributed by atoms with Crippen LogP contribution in [0.3, 0.4) is 0 Å². The molecule has 0 heterocycles. The van der Waals surface area contributed by atoms with Crippen molar-refractivity contribution in [2.24, 2.45) is 5.41 Å². The van der Waals surface area contributed by atoms with Crippen molar-refractivity contribution >= 4 is 12.0 Å². The molecule has 0 aromatic heterocycles. The second-order valence-electron chi connectivity index (χ2n) is 4.30. The normalized spacial score (nSPS) is 16.1. The van der Waals surface area contributed by atoms with Crippen molar-refractivity contribution in [2.45, 2.75) is 12.8 Å². The molecule has 18 heavy (non-hydrogen) atoms. The van der Waals surface area contributed by atoms with Gasteiger partial charge in [-0.05, 0) is 12.8 Å². The van der Waals surface area contributed by atoms with E-state index in [9.17, 15) is 9.59 Å². The fourth-order valence-electron chi connectivity index (χ4n) is 1.41. The number of urea groups is 1. The number of rotatable bonds is 9. The van der Waals surface area contributed by atoms with Gasteiger partial charge in [-0.15, -0.1) is 0 Å². The van der Waals surface area contributed by atoms with Crippen LogP contribution < -0.4 is 10.6 Å². The molecular weight excluding hydrogens is 240 g/mol. The van der Waals surface area contributed by atoms with Gasteiger partial charge in [-0.2, -0.15) is 0 Å². The van der Waals surface area contributed by atoms with Gasteiger partial charge in [-0.1, -0.05) is 0 Å². The molecule has 0 aliphatic heterocycles. The van der Waals surface area contributed by atoms with Gasteiger partial charge in [0.25, 0.3) is 0 Å². The number of hydrogen-bond acceptors (Lipinski definition) is 4. The van der Waals surface area contributed by atoms with Crippen LogP contribution in [0.15, 0.2) is 0 Å². The van der Waals surface area contributed by atoms with Crippen molar-refractivity contribution < 1.29 is 24.2 Å². The van der Waals surface area contributed by atoms with Crippen LogP contribution in [0.1, 0.15) is 12.8 Å². The number of carbonyl (C=O) groups is 2. The third-order valence-electron chi connectivity index (χ3n) is 2.86. The number of hydrogen-bond donors (Lipinski definition) is 3. The summed E-state index contributed by atoms with van der Waals surface area (Å²) >= 11 is 0.